The van der Waals surface area contributed by atoms with Crippen molar-refractivity contribution in [1.29, 1.82) is 0 Å². The predicted molar refractivity (Wildman–Crippen MR) is 48.2 cm³/mol. The predicted octanol–water partition coefficient (Wildman–Crippen LogP) is 1.67. The Kier molecular flexibility index (Phi) is 3.25. The molecule has 0 unspecified atom stereocenters. The fourth-order valence-electron chi connectivity index (χ4n) is 0.943. The molecule has 1 rings (SSSR count). The Balaban J connectivity index is 3.14. The van der Waals surface area contributed by atoms with Gasteiger partial charge in [-0.05, 0) is 0 Å². The molecule has 4 nitrogen and oxygen atoms in total. The molecule has 1 heterocycles. The number of hydrogen-bond acceptors (Lipinski definition) is 4. The summed E-state index contributed by atoms with van der Waals surface area (Å²) in [6.07, 6.45) is -3.99. The number of halogens is 4. The molecule has 0 aliphatic carbocycles. The highest BCUT2D eigenvalue weighted by Crippen LogP contribution is 2.31. The Bertz CT molecular complexity index is 369. The van der Waals surface area contributed by atoms with Gasteiger partial charge in [0.15, 0.2) is 10.9 Å². The Morgan fingerprint density at radius 1 is 1.47 bits per heavy atom. The van der Waals surface area contributed by atoms with Crippen LogP contribution in [0.5, 0.6) is 5.75 Å². The van der Waals surface area contributed by atoms with Crippen LogP contribution in [0.1, 0.15) is 5.56 Å². The summed E-state index contributed by atoms with van der Waals surface area (Å²) in [5, 5.41) is -0.107. The minimum absolute atomic E-state index is 0.0210. The van der Waals surface area contributed by atoms with Crippen LogP contribution in [0, 0.1) is 0 Å². The number of hydrogen-bond donors (Lipinski definition) is 2. The maximum atomic E-state index is 11.9. The normalized spacial score (nSPS) is 11.5. The fraction of sp³-hybridized carbons (Fsp3) is 0.286. The average molecular weight is 242 g/mol. The molecule has 1 aromatic heterocycles. The minimum Gasteiger partial charge on any atom is -0.404 e. The Hall–Kier alpha value is -1.21. The second kappa shape index (κ2) is 4.11. The topological polar surface area (TPSA) is 74.2 Å². The molecule has 0 aromatic carbocycles. The van der Waals surface area contributed by atoms with Crippen molar-refractivity contribution in [1.82, 2.24) is 4.98 Å². The van der Waals surface area contributed by atoms with Crippen LogP contribution < -0.4 is 16.2 Å². The summed E-state index contributed by atoms with van der Waals surface area (Å²) >= 11 is 5.51. The van der Waals surface area contributed by atoms with Crippen LogP contribution in [0.15, 0.2) is 6.20 Å². The van der Waals surface area contributed by atoms with Crippen molar-refractivity contribution in [2.45, 2.75) is 12.9 Å². The van der Waals surface area contributed by atoms with E-state index >= 15 is 0 Å². The van der Waals surface area contributed by atoms with Gasteiger partial charge in [-0.1, -0.05) is 11.6 Å². The standard InChI is InChI=1S/C7H7ClF3N3O/c8-6-5(13)3(1-12)4(2-14-6)15-7(9,10)11/h2H,1,12-13H2. The van der Waals surface area contributed by atoms with Crippen molar-refractivity contribution < 1.29 is 17.9 Å². The molecule has 0 atom stereocenters. The van der Waals surface area contributed by atoms with Gasteiger partial charge in [-0.25, -0.2) is 4.98 Å². The van der Waals surface area contributed by atoms with Gasteiger partial charge in [0.05, 0.1) is 11.9 Å². The number of ether oxygens (including phenoxy) is 1. The van der Waals surface area contributed by atoms with Crippen LogP contribution in [0.4, 0.5) is 18.9 Å². The summed E-state index contributed by atoms with van der Waals surface area (Å²) in [7, 11) is 0. The maximum Gasteiger partial charge on any atom is 0.573 e. The molecule has 84 valence electrons. The SMILES string of the molecule is NCc1c(OC(F)(F)F)cnc(Cl)c1N. The molecule has 0 amide bonds. The van der Waals surface area contributed by atoms with Crippen molar-refractivity contribution >= 4 is 17.3 Å². The number of pyridine rings is 1. The molecular weight excluding hydrogens is 235 g/mol. The monoisotopic (exact) mass is 241 g/mol. The van der Waals surface area contributed by atoms with Crippen molar-refractivity contribution in [3.05, 3.63) is 16.9 Å². The van der Waals surface area contributed by atoms with Crippen molar-refractivity contribution in [2.24, 2.45) is 5.73 Å². The van der Waals surface area contributed by atoms with Gasteiger partial charge >= 0.3 is 6.36 Å². The third-order valence-electron chi connectivity index (χ3n) is 1.57. The van der Waals surface area contributed by atoms with Gasteiger partial charge in [0.25, 0.3) is 0 Å². The molecule has 0 saturated carbocycles. The van der Waals surface area contributed by atoms with E-state index in [9.17, 15) is 13.2 Å². The number of nitrogens with two attached hydrogens (primary N) is 2. The number of aromatic nitrogens is 1. The van der Waals surface area contributed by atoms with E-state index in [-0.39, 0.29) is 22.9 Å². The van der Waals surface area contributed by atoms with Gasteiger partial charge in [-0.2, -0.15) is 0 Å². The third kappa shape index (κ3) is 2.87. The molecule has 15 heavy (non-hydrogen) atoms. The lowest BCUT2D eigenvalue weighted by Crippen LogP contribution is -2.19. The first-order valence-corrected chi connectivity index (χ1v) is 4.11. The molecule has 0 aliphatic heterocycles. The zero-order valence-electron chi connectivity index (χ0n) is 7.31. The van der Waals surface area contributed by atoms with E-state index < -0.39 is 12.1 Å². The summed E-state index contributed by atoms with van der Waals surface area (Å²) in [4.78, 5) is 3.43. The van der Waals surface area contributed by atoms with Crippen molar-refractivity contribution in [3.8, 4) is 5.75 Å². The summed E-state index contributed by atoms with van der Waals surface area (Å²) in [6.45, 7) is -0.223. The van der Waals surface area contributed by atoms with Gasteiger partial charge in [-0.3, -0.25) is 0 Å². The Morgan fingerprint density at radius 2 is 2.07 bits per heavy atom. The molecular formula is C7H7ClF3N3O. The van der Waals surface area contributed by atoms with E-state index in [1.54, 1.807) is 0 Å². The third-order valence-corrected chi connectivity index (χ3v) is 1.87. The van der Waals surface area contributed by atoms with Crippen LogP contribution in [0.2, 0.25) is 5.15 Å². The molecule has 0 saturated heterocycles. The molecule has 0 aliphatic rings. The number of nitrogens with zero attached hydrogens (tertiary/aromatic N) is 1. The highest BCUT2D eigenvalue weighted by molar-refractivity contribution is 6.32. The van der Waals surface area contributed by atoms with E-state index in [4.69, 9.17) is 23.1 Å². The quantitative estimate of drug-likeness (QED) is 0.773. The lowest BCUT2D eigenvalue weighted by Gasteiger charge is -2.13. The minimum atomic E-state index is -4.81. The Labute approximate surface area is 88.0 Å². The first kappa shape index (κ1) is 11.9. The zero-order valence-corrected chi connectivity index (χ0v) is 8.06. The van der Waals surface area contributed by atoms with Gasteiger partial charge in [0.2, 0.25) is 0 Å². The summed E-state index contributed by atoms with van der Waals surface area (Å²) < 4.78 is 39.5. The number of anilines is 1. The smallest absolute Gasteiger partial charge is 0.404 e. The van der Waals surface area contributed by atoms with Gasteiger partial charge < -0.3 is 16.2 Å². The summed E-state index contributed by atoms with van der Waals surface area (Å²) in [5.41, 5.74) is 10.5. The molecule has 0 radical (unpaired) electrons. The largest absolute Gasteiger partial charge is 0.573 e. The molecule has 8 heteroatoms. The molecule has 4 N–H and O–H groups in total. The second-order valence-electron chi connectivity index (χ2n) is 2.56. The Morgan fingerprint density at radius 3 is 2.53 bits per heavy atom. The fourth-order valence-corrected chi connectivity index (χ4v) is 1.11. The van der Waals surface area contributed by atoms with E-state index in [1.165, 1.54) is 0 Å². The van der Waals surface area contributed by atoms with Crippen LogP contribution in [0.25, 0.3) is 0 Å². The van der Waals surface area contributed by atoms with E-state index in [0.717, 1.165) is 6.20 Å². The maximum absolute atomic E-state index is 11.9. The van der Waals surface area contributed by atoms with Crippen LogP contribution in [0.3, 0.4) is 0 Å². The van der Waals surface area contributed by atoms with Crippen LogP contribution in [-0.2, 0) is 6.54 Å². The van der Waals surface area contributed by atoms with Crippen molar-refractivity contribution in [3.63, 3.8) is 0 Å². The second-order valence-corrected chi connectivity index (χ2v) is 2.92. The molecule has 0 spiro atoms. The van der Waals surface area contributed by atoms with Gasteiger partial charge in [0, 0.05) is 12.1 Å². The summed E-state index contributed by atoms with van der Waals surface area (Å²) in [5.74, 6) is -0.535. The number of nitrogen functional groups attached to an aromatic ring is 1. The van der Waals surface area contributed by atoms with Crippen molar-refractivity contribution in [2.75, 3.05) is 5.73 Å². The first-order valence-electron chi connectivity index (χ1n) is 3.74. The van der Waals surface area contributed by atoms with Crippen LogP contribution in [-0.4, -0.2) is 11.3 Å². The number of alkyl halides is 3. The van der Waals surface area contributed by atoms with E-state index in [0.29, 0.717) is 0 Å². The van der Waals surface area contributed by atoms with E-state index in [2.05, 4.69) is 9.72 Å². The summed E-state index contributed by atoms with van der Waals surface area (Å²) in [6, 6.07) is 0. The first-order chi connectivity index (χ1) is 6.85. The van der Waals surface area contributed by atoms with Crippen LogP contribution >= 0.6 is 11.6 Å². The van der Waals surface area contributed by atoms with Gasteiger partial charge in [0.1, 0.15) is 0 Å². The zero-order chi connectivity index (χ0) is 11.6. The average Bonchev–Trinajstić information content (AvgIpc) is 2.10. The molecule has 0 fully saturated rings. The molecule has 1 aromatic rings. The van der Waals surface area contributed by atoms with Gasteiger partial charge in [-0.15, -0.1) is 13.2 Å². The highest BCUT2D eigenvalue weighted by Gasteiger charge is 2.32. The highest BCUT2D eigenvalue weighted by atomic mass is 35.5. The molecule has 0 bridgehead atoms. The van der Waals surface area contributed by atoms with E-state index in [1.807, 2.05) is 0 Å². The number of rotatable bonds is 2. The lowest BCUT2D eigenvalue weighted by atomic mass is 10.2. The lowest BCUT2D eigenvalue weighted by molar-refractivity contribution is -0.275.